The predicted molar refractivity (Wildman–Crippen MR) is 111 cm³/mol. The minimum Gasteiger partial charge on any atom is -0.475 e. The Morgan fingerprint density at radius 2 is 1.49 bits per heavy atom. The lowest BCUT2D eigenvalue weighted by molar-refractivity contribution is -0.193. The van der Waals surface area contributed by atoms with Crippen LogP contribution in [0.25, 0.3) is 0 Å². The molecule has 1 unspecified atom stereocenters. The van der Waals surface area contributed by atoms with Gasteiger partial charge in [-0.1, -0.05) is 0 Å². The number of alkyl halides is 6. The van der Waals surface area contributed by atoms with Gasteiger partial charge in [0.25, 0.3) is 0 Å². The van der Waals surface area contributed by atoms with Crippen LogP contribution in [0.5, 0.6) is 0 Å². The molecule has 9 nitrogen and oxygen atoms in total. The molecule has 1 aromatic heterocycles. The van der Waals surface area contributed by atoms with Gasteiger partial charge < -0.3 is 19.8 Å². The number of aromatic nitrogens is 2. The molecule has 2 aliphatic rings. The average molecular weight is 518 g/mol. The number of hydrogen-bond donors (Lipinski definition) is 2. The van der Waals surface area contributed by atoms with Crippen molar-refractivity contribution < 1.29 is 50.9 Å². The first-order chi connectivity index (χ1) is 16.1. The van der Waals surface area contributed by atoms with E-state index in [2.05, 4.69) is 26.7 Å². The highest BCUT2D eigenvalue weighted by Gasteiger charge is 2.39. The zero-order chi connectivity index (χ0) is 26.7. The molecule has 3 heterocycles. The van der Waals surface area contributed by atoms with E-state index in [-0.39, 0.29) is 5.60 Å². The first kappa shape index (κ1) is 30.4. The monoisotopic (exact) mass is 518 g/mol. The molecule has 2 aliphatic heterocycles. The summed E-state index contributed by atoms with van der Waals surface area (Å²) in [7, 11) is 0. The summed E-state index contributed by atoms with van der Waals surface area (Å²) in [5, 5.41) is 14.2. The van der Waals surface area contributed by atoms with E-state index in [1.807, 2.05) is 18.5 Å². The van der Waals surface area contributed by atoms with Crippen molar-refractivity contribution in [2.75, 3.05) is 44.2 Å². The molecule has 0 aliphatic carbocycles. The number of ether oxygens (including phenoxy) is 1. The Labute approximate surface area is 197 Å². The average Bonchev–Trinajstić information content (AvgIpc) is 2.99. The molecule has 0 aromatic carbocycles. The first-order valence-electron chi connectivity index (χ1n) is 10.6. The van der Waals surface area contributed by atoms with Crippen molar-refractivity contribution in [3.63, 3.8) is 0 Å². The van der Waals surface area contributed by atoms with E-state index < -0.39 is 24.3 Å². The summed E-state index contributed by atoms with van der Waals surface area (Å²) >= 11 is 0. The lowest BCUT2D eigenvalue weighted by atomic mass is 9.95. The minimum atomic E-state index is -5.08. The van der Waals surface area contributed by atoms with Gasteiger partial charge in [-0.05, 0) is 38.7 Å². The van der Waals surface area contributed by atoms with Crippen LogP contribution in [0.3, 0.4) is 0 Å². The van der Waals surface area contributed by atoms with Crippen molar-refractivity contribution in [2.45, 2.75) is 50.6 Å². The van der Waals surface area contributed by atoms with Crippen LogP contribution in [-0.4, -0.2) is 94.3 Å². The van der Waals surface area contributed by atoms with Crippen molar-refractivity contribution >= 4 is 17.9 Å². The largest absolute Gasteiger partial charge is 0.490 e. The molecular weight excluding hydrogens is 490 g/mol. The van der Waals surface area contributed by atoms with E-state index in [4.69, 9.17) is 24.5 Å². The third kappa shape index (κ3) is 12.0. The summed E-state index contributed by atoms with van der Waals surface area (Å²) in [5.41, 5.74) is 0.0522. The summed E-state index contributed by atoms with van der Waals surface area (Å²) < 4.78 is 69.5. The number of halogens is 6. The molecule has 3 rings (SSSR count). The number of aliphatic carboxylic acids is 2. The van der Waals surface area contributed by atoms with Crippen LogP contribution in [0, 0.1) is 0 Å². The van der Waals surface area contributed by atoms with Gasteiger partial charge in [-0.15, -0.1) is 0 Å². The van der Waals surface area contributed by atoms with Crippen molar-refractivity contribution in [2.24, 2.45) is 0 Å². The fourth-order valence-electron chi connectivity index (χ4n) is 3.37. The second-order valence-electron chi connectivity index (χ2n) is 8.03. The lowest BCUT2D eigenvalue weighted by Gasteiger charge is -2.38. The first-order valence-corrected chi connectivity index (χ1v) is 10.6. The number of carbonyl (C=O) groups is 2. The summed E-state index contributed by atoms with van der Waals surface area (Å²) in [4.78, 5) is 31.4. The van der Waals surface area contributed by atoms with Crippen LogP contribution < -0.4 is 4.90 Å². The fraction of sp³-hybridized carbons (Fsp3) is 0.700. The third-order valence-electron chi connectivity index (χ3n) is 5.02. The Morgan fingerprint density at radius 1 is 0.943 bits per heavy atom. The Morgan fingerprint density at radius 3 is 1.94 bits per heavy atom. The lowest BCUT2D eigenvalue weighted by Crippen LogP contribution is -2.46. The fourth-order valence-corrected chi connectivity index (χ4v) is 3.37. The maximum Gasteiger partial charge on any atom is 0.490 e. The van der Waals surface area contributed by atoms with Crippen molar-refractivity contribution in [1.29, 1.82) is 0 Å². The zero-order valence-corrected chi connectivity index (χ0v) is 19.0. The van der Waals surface area contributed by atoms with Crippen LogP contribution in [0.15, 0.2) is 18.5 Å². The van der Waals surface area contributed by atoms with Crippen LogP contribution in [0.1, 0.15) is 32.6 Å². The van der Waals surface area contributed by atoms with Gasteiger partial charge in [0.15, 0.2) is 0 Å². The molecule has 0 saturated carbocycles. The van der Waals surface area contributed by atoms with Gasteiger partial charge in [0, 0.05) is 51.7 Å². The van der Waals surface area contributed by atoms with E-state index in [1.165, 1.54) is 19.3 Å². The summed E-state index contributed by atoms with van der Waals surface area (Å²) in [5.74, 6) is -4.65. The van der Waals surface area contributed by atoms with Crippen molar-refractivity contribution in [3.05, 3.63) is 18.5 Å². The van der Waals surface area contributed by atoms with Gasteiger partial charge in [0.05, 0.1) is 5.60 Å². The van der Waals surface area contributed by atoms with Crippen molar-refractivity contribution in [1.82, 2.24) is 14.9 Å². The molecule has 2 fully saturated rings. The van der Waals surface area contributed by atoms with Crippen LogP contribution in [0.2, 0.25) is 0 Å². The maximum absolute atomic E-state index is 10.6. The molecule has 2 N–H and O–H groups in total. The molecule has 15 heteroatoms. The highest BCUT2D eigenvalue weighted by atomic mass is 19.4. The number of carboxylic acid groups (broad SMARTS) is 2. The maximum atomic E-state index is 10.6. The molecule has 0 spiro atoms. The normalized spacial score (nSPS) is 21.5. The highest BCUT2D eigenvalue weighted by Crippen LogP contribution is 2.26. The van der Waals surface area contributed by atoms with Gasteiger partial charge in [0.2, 0.25) is 5.95 Å². The molecule has 2 saturated heterocycles. The second kappa shape index (κ2) is 13.4. The molecule has 1 atom stereocenters. The van der Waals surface area contributed by atoms with Gasteiger partial charge in [0.1, 0.15) is 0 Å². The standard InChI is InChI=1S/C16H26N4O.2C2HF3O2/c1-16(6-2-3-13-21-16)14-19-9-5-10-20(12-11-19)15-17-7-4-8-18-15;2*3-2(4,5)1(6)7/h4,7-8H,2-3,5-6,9-14H2,1H3;2*(H,6,7). The van der Waals surface area contributed by atoms with Gasteiger partial charge in [-0.2, -0.15) is 26.3 Å². The summed E-state index contributed by atoms with van der Waals surface area (Å²) in [6, 6.07) is 1.87. The number of rotatable bonds is 3. The predicted octanol–water partition coefficient (Wildman–Crippen LogP) is 3.21. The topological polar surface area (TPSA) is 116 Å². The quantitative estimate of drug-likeness (QED) is 0.582. The van der Waals surface area contributed by atoms with Gasteiger partial charge >= 0.3 is 24.3 Å². The van der Waals surface area contributed by atoms with Crippen molar-refractivity contribution in [3.8, 4) is 0 Å². The third-order valence-corrected chi connectivity index (χ3v) is 5.02. The summed E-state index contributed by atoms with van der Waals surface area (Å²) in [6.45, 7) is 8.50. The van der Waals surface area contributed by atoms with E-state index in [1.54, 1.807) is 0 Å². The molecule has 0 bridgehead atoms. The molecule has 0 radical (unpaired) electrons. The highest BCUT2D eigenvalue weighted by molar-refractivity contribution is 5.73. The second-order valence-corrected chi connectivity index (χ2v) is 8.03. The van der Waals surface area contributed by atoms with Crippen LogP contribution >= 0.6 is 0 Å². The molecular formula is C20H28F6N4O5. The SMILES string of the molecule is CC1(CN2CCCN(c3ncccn3)CC2)CCCCO1.O=C(O)C(F)(F)F.O=C(O)C(F)(F)F. The Balaban J connectivity index is 0.000000362. The van der Waals surface area contributed by atoms with Gasteiger partial charge in [-0.25, -0.2) is 19.6 Å². The van der Waals surface area contributed by atoms with Crippen LogP contribution in [-0.2, 0) is 14.3 Å². The van der Waals surface area contributed by atoms with E-state index in [0.717, 1.165) is 51.7 Å². The number of anilines is 1. The Kier molecular flexibility index (Phi) is 11.6. The minimum absolute atomic E-state index is 0.0522. The van der Waals surface area contributed by atoms with E-state index in [0.29, 0.717) is 0 Å². The molecule has 200 valence electrons. The molecule has 0 amide bonds. The molecule has 1 aromatic rings. The molecule has 35 heavy (non-hydrogen) atoms. The number of hydrogen-bond acceptors (Lipinski definition) is 7. The van der Waals surface area contributed by atoms with E-state index in [9.17, 15) is 26.3 Å². The Bertz CT molecular complexity index is 764. The number of nitrogens with zero attached hydrogens (tertiary/aromatic N) is 4. The van der Waals surface area contributed by atoms with Gasteiger partial charge in [-0.3, -0.25) is 4.90 Å². The van der Waals surface area contributed by atoms with E-state index >= 15 is 0 Å². The van der Waals surface area contributed by atoms with Crippen LogP contribution in [0.4, 0.5) is 32.3 Å². The zero-order valence-electron chi connectivity index (χ0n) is 19.0. The Hall–Kier alpha value is -2.68. The number of carboxylic acids is 2. The summed E-state index contributed by atoms with van der Waals surface area (Å²) in [6.07, 6.45) is -1.66. The smallest absolute Gasteiger partial charge is 0.475 e.